The van der Waals surface area contributed by atoms with Gasteiger partial charge in [-0.2, -0.15) is 0 Å². The molecular formula is C21H21N3O5S. The molecule has 0 spiro atoms. The summed E-state index contributed by atoms with van der Waals surface area (Å²) in [6, 6.07) is 12.1. The van der Waals surface area contributed by atoms with Gasteiger partial charge in [0.15, 0.2) is 0 Å². The molecule has 1 aromatic heterocycles. The number of hydrogen-bond acceptors (Lipinski definition) is 5. The lowest BCUT2D eigenvalue weighted by Crippen LogP contribution is -2.41. The summed E-state index contributed by atoms with van der Waals surface area (Å²) in [5.74, 6) is -0.686. The van der Waals surface area contributed by atoms with Gasteiger partial charge in [-0.3, -0.25) is 25.2 Å². The molecule has 30 heavy (non-hydrogen) atoms. The minimum absolute atomic E-state index is 0.00957. The van der Waals surface area contributed by atoms with Crippen LogP contribution in [0.3, 0.4) is 0 Å². The topological polar surface area (TPSA) is 118 Å². The number of benzene rings is 2. The molecule has 0 atom stereocenters. The Morgan fingerprint density at radius 2 is 1.50 bits per heavy atom. The SMILES string of the molecule is Cc1ccc(NS(=O)(=O)c2ccc(C(=O)NNC(=O)c3ccoc3C)cc2)cc1C. The van der Waals surface area contributed by atoms with E-state index < -0.39 is 21.8 Å². The number of carbonyl (C=O) groups is 2. The average Bonchev–Trinajstić information content (AvgIpc) is 3.14. The molecule has 156 valence electrons. The fourth-order valence-corrected chi connectivity index (χ4v) is 3.73. The van der Waals surface area contributed by atoms with E-state index in [9.17, 15) is 18.0 Å². The van der Waals surface area contributed by atoms with Gasteiger partial charge in [-0.1, -0.05) is 6.07 Å². The van der Waals surface area contributed by atoms with Crippen molar-refractivity contribution in [3.63, 3.8) is 0 Å². The predicted octanol–water partition coefficient (Wildman–Crippen LogP) is 3.08. The van der Waals surface area contributed by atoms with E-state index in [-0.39, 0.29) is 10.5 Å². The third-order valence-electron chi connectivity index (χ3n) is 4.58. The lowest BCUT2D eigenvalue weighted by atomic mass is 10.1. The van der Waals surface area contributed by atoms with Crippen LogP contribution in [0.4, 0.5) is 5.69 Å². The van der Waals surface area contributed by atoms with E-state index in [2.05, 4.69) is 15.6 Å². The van der Waals surface area contributed by atoms with Crippen LogP contribution in [-0.2, 0) is 10.0 Å². The minimum Gasteiger partial charge on any atom is -0.469 e. The highest BCUT2D eigenvalue weighted by atomic mass is 32.2. The van der Waals surface area contributed by atoms with Crippen molar-refractivity contribution in [2.45, 2.75) is 25.7 Å². The Bertz CT molecular complexity index is 1200. The number of hydrogen-bond donors (Lipinski definition) is 3. The van der Waals surface area contributed by atoms with Gasteiger partial charge in [0.1, 0.15) is 5.76 Å². The van der Waals surface area contributed by atoms with Crippen LogP contribution >= 0.6 is 0 Å². The summed E-state index contributed by atoms with van der Waals surface area (Å²) >= 11 is 0. The first-order chi connectivity index (χ1) is 14.2. The number of hydrazine groups is 1. The Hall–Kier alpha value is -3.59. The van der Waals surface area contributed by atoms with E-state index in [0.717, 1.165) is 11.1 Å². The van der Waals surface area contributed by atoms with Crippen molar-refractivity contribution in [3.8, 4) is 0 Å². The van der Waals surface area contributed by atoms with Crippen LogP contribution < -0.4 is 15.6 Å². The Balaban J connectivity index is 1.66. The Morgan fingerprint density at radius 1 is 0.833 bits per heavy atom. The van der Waals surface area contributed by atoms with E-state index in [1.165, 1.54) is 36.6 Å². The van der Waals surface area contributed by atoms with Gasteiger partial charge in [-0.15, -0.1) is 0 Å². The summed E-state index contributed by atoms with van der Waals surface area (Å²) in [4.78, 5) is 24.2. The zero-order valence-corrected chi connectivity index (χ0v) is 17.5. The molecule has 3 N–H and O–H groups in total. The standard InChI is InChI=1S/C21H21N3O5S/c1-13-4-7-17(12-14(13)2)24-30(27,28)18-8-5-16(6-9-18)20(25)22-23-21(26)19-10-11-29-15(19)3/h4-12,24H,1-3H3,(H,22,25)(H,23,26). The van der Waals surface area contributed by atoms with Gasteiger partial charge in [0.25, 0.3) is 21.8 Å². The number of nitrogens with one attached hydrogen (secondary N) is 3. The lowest BCUT2D eigenvalue weighted by molar-refractivity contribution is 0.0845. The van der Waals surface area contributed by atoms with Crippen molar-refractivity contribution >= 4 is 27.5 Å². The van der Waals surface area contributed by atoms with Gasteiger partial charge in [0, 0.05) is 11.3 Å². The molecule has 0 bridgehead atoms. The number of amides is 2. The van der Waals surface area contributed by atoms with Crippen LogP contribution in [-0.4, -0.2) is 20.2 Å². The number of carbonyl (C=O) groups excluding carboxylic acids is 2. The first kappa shape index (κ1) is 21.1. The van der Waals surface area contributed by atoms with Gasteiger partial charge in [0.05, 0.1) is 16.7 Å². The predicted molar refractivity (Wildman–Crippen MR) is 112 cm³/mol. The van der Waals surface area contributed by atoms with Gasteiger partial charge < -0.3 is 4.42 Å². The number of anilines is 1. The quantitative estimate of drug-likeness (QED) is 0.541. The van der Waals surface area contributed by atoms with Crippen LogP contribution in [0.1, 0.15) is 37.6 Å². The maximum absolute atomic E-state index is 12.6. The van der Waals surface area contributed by atoms with Crippen molar-refractivity contribution in [1.82, 2.24) is 10.9 Å². The number of aryl methyl sites for hydroxylation is 3. The molecule has 0 radical (unpaired) electrons. The molecule has 0 unspecified atom stereocenters. The Morgan fingerprint density at radius 3 is 2.10 bits per heavy atom. The normalized spacial score (nSPS) is 11.0. The third-order valence-corrected chi connectivity index (χ3v) is 5.98. The number of sulfonamides is 1. The summed E-state index contributed by atoms with van der Waals surface area (Å²) in [7, 11) is -3.81. The van der Waals surface area contributed by atoms with Crippen LogP contribution in [0.5, 0.6) is 0 Å². The Labute approximate surface area is 174 Å². The zero-order chi connectivity index (χ0) is 21.9. The number of furan rings is 1. The van der Waals surface area contributed by atoms with Crippen molar-refractivity contribution in [2.24, 2.45) is 0 Å². The highest BCUT2D eigenvalue weighted by Gasteiger charge is 2.17. The third kappa shape index (κ3) is 4.69. The van der Waals surface area contributed by atoms with Crippen LogP contribution in [0, 0.1) is 20.8 Å². The summed E-state index contributed by atoms with van der Waals surface area (Å²) in [6.07, 6.45) is 1.37. The molecule has 8 nitrogen and oxygen atoms in total. The van der Waals surface area contributed by atoms with Gasteiger partial charge in [-0.25, -0.2) is 8.42 Å². The fourth-order valence-electron chi connectivity index (χ4n) is 2.68. The van der Waals surface area contributed by atoms with Crippen molar-refractivity contribution in [3.05, 3.63) is 82.8 Å². The highest BCUT2D eigenvalue weighted by Crippen LogP contribution is 2.19. The summed E-state index contributed by atoms with van der Waals surface area (Å²) in [6.45, 7) is 5.46. The van der Waals surface area contributed by atoms with Gasteiger partial charge >= 0.3 is 0 Å². The van der Waals surface area contributed by atoms with E-state index in [0.29, 0.717) is 17.0 Å². The van der Waals surface area contributed by atoms with Crippen LogP contribution in [0.15, 0.2) is 64.1 Å². The molecule has 0 aliphatic heterocycles. The van der Waals surface area contributed by atoms with Crippen molar-refractivity contribution < 1.29 is 22.4 Å². The molecule has 2 aromatic carbocycles. The Kier molecular flexibility index (Phi) is 5.93. The van der Waals surface area contributed by atoms with Crippen molar-refractivity contribution in [1.29, 1.82) is 0 Å². The molecule has 0 fully saturated rings. The highest BCUT2D eigenvalue weighted by molar-refractivity contribution is 7.92. The smallest absolute Gasteiger partial charge is 0.273 e. The first-order valence-corrected chi connectivity index (χ1v) is 10.5. The van der Waals surface area contributed by atoms with E-state index in [4.69, 9.17) is 4.42 Å². The average molecular weight is 427 g/mol. The molecule has 0 saturated heterocycles. The summed E-state index contributed by atoms with van der Waals surface area (Å²) in [5.41, 5.74) is 7.53. The zero-order valence-electron chi connectivity index (χ0n) is 16.6. The largest absolute Gasteiger partial charge is 0.469 e. The van der Waals surface area contributed by atoms with Crippen molar-refractivity contribution in [2.75, 3.05) is 4.72 Å². The summed E-state index contributed by atoms with van der Waals surface area (Å²) in [5, 5.41) is 0. The second kappa shape index (κ2) is 8.42. The maximum Gasteiger partial charge on any atom is 0.273 e. The minimum atomic E-state index is -3.81. The molecule has 3 aromatic rings. The van der Waals surface area contributed by atoms with Crippen LogP contribution in [0.2, 0.25) is 0 Å². The second-order valence-electron chi connectivity index (χ2n) is 6.73. The number of rotatable bonds is 5. The molecule has 3 rings (SSSR count). The fraction of sp³-hybridized carbons (Fsp3) is 0.143. The van der Waals surface area contributed by atoms with E-state index in [1.807, 2.05) is 19.9 Å². The van der Waals surface area contributed by atoms with E-state index >= 15 is 0 Å². The van der Waals surface area contributed by atoms with Gasteiger partial charge in [-0.05, 0) is 74.4 Å². The summed E-state index contributed by atoms with van der Waals surface area (Å²) < 4.78 is 32.7. The monoisotopic (exact) mass is 427 g/mol. The molecular weight excluding hydrogens is 406 g/mol. The molecule has 0 saturated carbocycles. The first-order valence-electron chi connectivity index (χ1n) is 9.02. The van der Waals surface area contributed by atoms with Gasteiger partial charge in [0.2, 0.25) is 0 Å². The maximum atomic E-state index is 12.6. The molecule has 9 heteroatoms. The van der Waals surface area contributed by atoms with E-state index in [1.54, 1.807) is 19.1 Å². The lowest BCUT2D eigenvalue weighted by Gasteiger charge is -2.11. The molecule has 2 amide bonds. The molecule has 1 heterocycles. The van der Waals surface area contributed by atoms with Crippen LogP contribution in [0.25, 0.3) is 0 Å². The molecule has 0 aliphatic rings. The molecule has 0 aliphatic carbocycles. The second-order valence-corrected chi connectivity index (χ2v) is 8.41.